The van der Waals surface area contributed by atoms with Crippen molar-refractivity contribution in [1.29, 1.82) is 0 Å². The largest absolute Gasteiger partial charge is 0.391 e. The predicted molar refractivity (Wildman–Crippen MR) is 58.9 cm³/mol. The fourth-order valence-corrected chi connectivity index (χ4v) is 2.89. The average Bonchev–Trinajstić information content (AvgIpc) is 2.29. The van der Waals surface area contributed by atoms with Crippen LogP contribution < -0.4 is 5.73 Å². The maximum Gasteiger partial charge on any atom is 0.125 e. The van der Waals surface area contributed by atoms with Crippen LogP contribution in [0.15, 0.2) is 18.2 Å². The molecule has 0 bridgehead atoms. The van der Waals surface area contributed by atoms with Crippen molar-refractivity contribution in [3.05, 3.63) is 27.6 Å². The van der Waals surface area contributed by atoms with Crippen LogP contribution in [0.5, 0.6) is 0 Å². The van der Waals surface area contributed by atoms with E-state index in [-0.39, 0.29) is 5.82 Å². The number of nitrogens with two attached hydrogens (primary N) is 1. The molecule has 0 spiro atoms. The molecule has 0 fully saturated rings. The van der Waals surface area contributed by atoms with Crippen LogP contribution in [0, 0.1) is 9.39 Å². The second-order valence-corrected chi connectivity index (χ2v) is 4.73. The molecular weight excluding hydrogens is 288 g/mol. The quantitative estimate of drug-likeness (QED) is 0.741. The highest BCUT2D eigenvalue weighted by atomic mass is 127. The van der Waals surface area contributed by atoms with Gasteiger partial charge in [0.05, 0.1) is 5.00 Å². The monoisotopic (exact) mass is 293 g/mol. The molecule has 0 saturated carbocycles. The van der Waals surface area contributed by atoms with E-state index < -0.39 is 0 Å². The number of halogens is 2. The molecule has 4 heteroatoms. The highest BCUT2D eigenvalue weighted by molar-refractivity contribution is 14.1. The minimum atomic E-state index is -0.200. The Morgan fingerprint density at radius 3 is 2.83 bits per heavy atom. The van der Waals surface area contributed by atoms with Crippen LogP contribution in [-0.4, -0.2) is 0 Å². The summed E-state index contributed by atoms with van der Waals surface area (Å²) in [5.41, 5.74) is 5.60. The molecular formula is C8H5FINS. The third kappa shape index (κ3) is 1.29. The topological polar surface area (TPSA) is 26.0 Å². The standard InChI is InChI=1S/C8H5FINS/c9-4-1-6(10)5-3-8(11)12-7(5)2-4/h1-3H,11H2. The number of thiophene rings is 1. The highest BCUT2D eigenvalue weighted by Gasteiger charge is 2.04. The second-order valence-electron chi connectivity index (χ2n) is 2.45. The molecule has 0 radical (unpaired) electrons. The van der Waals surface area contributed by atoms with E-state index >= 15 is 0 Å². The van der Waals surface area contributed by atoms with E-state index in [4.69, 9.17) is 5.73 Å². The Morgan fingerprint density at radius 1 is 1.33 bits per heavy atom. The third-order valence-electron chi connectivity index (χ3n) is 1.57. The van der Waals surface area contributed by atoms with Crippen molar-refractivity contribution < 1.29 is 4.39 Å². The maximum atomic E-state index is 12.9. The van der Waals surface area contributed by atoms with E-state index in [1.807, 2.05) is 6.07 Å². The molecule has 12 heavy (non-hydrogen) atoms. The van der Waals surface area contributed by atoms with Crippen LogP contribution in [0.1, 0.15) is 0 Å². The maximum absolute atomic E-state index is 12.9. The Morgan fingerprint density at radius 2 is 2.08 bits per heavy atom. The molecule has 1 aromatic heterocycles. The van der Waals surface area contributed by atoms with Gasteiger partial charge in [0.25, 0.3) is 0 Å². The fraction of sp³-hybridized carbons (Fsp3) is 0. The van der Waals surface area contributed by atoms with Crippen LogP contribution >= 0.6 is 33.9 Å². The van der Waals surface area contributed by atoms with E-state index in [0.29, 0.717) is 0 Å². The number of hydrogen-bond donors (Lipinski definition) is 1. The van der Waals surface area contributed by atoms with E-state index in [1.165, 1.54) is 23.5 Å². The zero-order valence-electron chi connectivity index (χ0n) is 5.97. The molecule has 1 aromatic carbocycles. The molecule has 62 valence electrons. The van der Waals surface area contributed by atoms with E-state index in [9.17, 15) is 4.39 Å². The lowest BCUT2D eigenvalue weighted by Gasteiger charge is -1.93. The van der Waals surface area contributed by atoms with E-state index in [1.54, 1.807) is 0 Å². The Kier molecular flexibility index (Phi) is 1.96. The molecule has 2 rings (SSSR count). The summed E-state index contributed by atoms with van der Waals surface area (Å²) >= 11 is 3.52. The van der Waals surface area contributed by atoms with Gasteiger partial charge in [-0.3, -0.25) is 0 Å². The number of anilines is 1. The van der Waals surface area contributed by atoms with Crippen molar-refractivity contribution in [3.8, 4) is 0 Å². The van der Waals surface area contributed by atoms with Crippen LogP contribution in [0.3, 0.4) is 0 Å². The van der Waals surface area contributed by atoms with E-state index in [2.05, 4.69) is 22.6 Å². The molecule has 0 saturated heterocycles. The van der Waals surface area contributed by atoms with E-state index in [0.717, 1.165) is 18.7 Å². The van der Waals surface area contributed by atoms with Gasteiger partial charge < -0.3 is 5.73 Å². The summed E-state index contributed by atoms with van der Waals surface area (Å²) in [5.74, 6) is -0.200. The Bertz CT molecular complexity index is 438. The summed E-state index contributed by atoms with van der Waals surface area (Å²) in [6.45, 7) is 0. The molecule has 2 N–H and O–H groups in total. The molecule has 1 nitrogen and oxygen atoms in total. The van der Waals surface area contributed by atoms with Gasteiger partial charge in [0.1, 0.15) is 5.82 Å². The smallest absolute Gasteiger partial charge is 0.125 e. The van der Waals surface area contributed by atoms with Crippen molar-refractivity contribution in [3.63, 3.8) is 0 Å². The molecule has 0 atom stereocenters. The van der Waals surface area contributed by atoms with Gasteiger partial charge in [-0.25, -0.2) is 4.39 Å². The van der Waals surface area contributed by atoms with Gasteiger partial charge in [0, 0.05) is 13.7 Å². The Hall–Kier alpha value is -0.360. The molecule has 0 unspecified atom stereocenters. The van der Waals surface area contributed by atoms with Gasteiger partial charge in [0.15, 0.2) is 0 Å². The van der Waals surface area contributed by atoms with Gasteiger partial charge in [-0.2, -0.15) is 0 Å². The van der Waals surface area contributed by atoms with Gasteiger partial charge in [-0.1, -0.05) is 0 Å². The molecule has 0 amide bonds. The number of hydrogen-bond acceptors (Lipinski definition) is 2. The van der Waals surface area contributed by atoms with Gasteiger partial charge >= 0.3 is 0 Å². The number of nitrogen functional groups attached to an aromatic ring is 1. The lowest BCUT2D eigenvalue weighted by molar-refractivity contribution is 0.629. The fourth-order valence-electron chi connectivity index (χ4n) is 1.08. The summed E-state index contributed by atoms with van der Waals surface area (Å²) < 4.78 is 14.7. The minimum Gasteiger partial charge on any atom is -0.391 e. The van der Waals surface area contributed by atoms with Crippen molar-refractivity contribution in [2.45, 2.75) is 0 Å². The lowest BCUT2D eigenvalue weighted by atomic mass is 10.2. The molecule has 2 aromatic rings. The van der Waals surface area contributed by atoms with Crippen LogP contribution in [0.25, 0.3) is 10.1 Å². The second kappa shape index (κ2) is 2.85. The highest BCUT2D eigenvalue weighted by Crippen LogP contribution is 2.31. The minimum absolute atomic E-state index is 0.200. The average molecular weight is 293 g/mol. The Labute approximate surface area is 86.5 Å². The molecule has 0 aliphatic rings. The summed E-state index contributed by atoms with van der Waals surface area (Å²) in [6, 6.07) is 4.90. The number of benzene rings is 1. The zero-order valence-corrected chi connectivity index (χ0v) is 8.95. The number of rotatable bonds is 0. The zero-order chi connectivity index (χ0) is 8.72. The molecule has 0 aliphatic carbocycles. The van der Waals surface area contributed by atoms with Gasteiger partial charge in [-0.15, -0.1) is 11.3 Å². The lowest BCUT2D eigenvalue weighted by Crippen LogP contribution is -1.76. The van der Waals surface area contributed by atoms with Crippen LogP contribution in [0.4, 0.5) is 9.39 Å². The van der Waals surface area contributed by atoms with Crippen LogP contribution in [-0.2, 0) is 0 Å². The molecule has 1 heterocycles. The van der Waals surface area contributed by atoms with Crippen molar-refractivity contribution in [1.82, 2.24) is 0 Å². The van der Waals surface area contributed by atoms with Gasteiger partial charge in [-0.05, 0) is 40.8 Å². The van der Waals surface area contributed by atoms with Crippen molar-refractivity contribution in [2.24, 2.45) is 0 Å². The first kappa shape index (κ1) is 8.25. The third-order valence-corrected chi connectivity index (χ3v) is 3.37. The van der Waals surface area contributed by atoms with Gasteiger partial charge in [0.2, 0.25) is 0 Å². The summed E-state index contributed by atoms with van der Waals surface area (Å²) in [4.78, 5) is 0. The normalized spacial score (nSPS) is 10.8. The first-order chi connectivity index (χ1) is 5.66. The Balaban J connectivity index is 2.88. The first-order valence-corrected chi connectivity index (χ1v) is 5.20. The first-order valence-electron chi connectivity index (χ1n) is 3.31. The SMILES string of the molecule is Nc1cc2c(I)cc(F)cc2s1. The van der Waals surface area contributed by atoms with Crippen LogP contribution in [0.2, 0.25) is 0 Å². The van der Waals surface area contributed by atoms with Crippen molar-refractivity contribution in [2.75, 3.05) is 5.73 Å². The van der Waals surface area contributed by atoms with Crippen molar-refractivity contribution >= 4 is 49.0 Å². The summed E-state index contributed by atoms with van der Waals surface area (Å²) in [7, 11) is 0. The summed E-state index contributed by atoms with van der Waals surface area (Å²) in [6.07, 6.45) is 0. The summed E-state index contributed by atoms with van der Waals surface area (Å²) in [5, 5.41) is 1.77. The predicted octanol–water partition coefficient (Wildman–Crippen LogP) is 3.23. The molecule has 0 aliphatic heterocycles. The number of fused-ring (bicyclic) bond motifs is 1.